The molecule has 19 heavy (non-hydrogen) atoms. The second-order valence-corrected chi connectivity index (χ2v) is 5.79. The standard InChI is InChI=1S/C15H22N2O2/c1-3-17(15(18)14-10(2)6-7-19-14)13-8-11-4-5-12(9-13)16-11/h6-7,11-13,16H,3-5,8-9H2,1-2H3. The second kappa shape index (κ2) is 5.00. The molecule has 0 aliphatic carbocycles. The quantitative estimate of drug-likeness (QED) is 0.909. The maximum absolute atomic E-state index is 12.6. The third kappa shape index (κ3) is 2.29. The second-order valence-electron chi connectivity index (χ2n) is 5.79. The molecule has 2 unspecified atom stereocenters. The molecule has 2 fully saturated rings. The molecule has 1 amide bonds. The van der Waals surface area contributed by atoms with E-state index in [1.54, 1.807) is 6.26 Å². The lowest BCUT2D eigenvalue weighted by Crippen LogP contribution is -2.50. The molecule has 0 saturated carbocycles. The smallest absolute Gasteiger partial charge is 0.290 e. The van der Waals surface area contributed by atoms with Gasteiger partial charge in [0.15, 0.2) is 5.76 Å². The van der Waals surface area contributed by atoms with Crippen LogP contribution in [0.15, 0.2) is 16.7 Å². The van der Waals surface area contributed by atoms with Gasteiger partial charge in [-0.15, -0.1) is 0 Å². The molecule has 2 atom stereocenters. The number of furan rings is 1. The van der Waals surface area contributed by atoms with Crippen molar-refractivity contribution in [3.8, 4) is 0 Å². The fourth-order valence-corrected chi connectivity index (χ4v) is 3.57. The number of aryl methyl sites for hydroxylation is 1. The summed E-state index contributed by atoms with van der Waals surface area (Å²) >= 11 is 0. The normalized spacial score (nSPS) is 29.5. The molecule has 1 aromatic rings. The van der Waals surface area contributed by atoms with E-state index in [2.05, 4.69) is 12.2 Å². The molecule has 2 bridgehead atoms. The Hall–Kier alpha value is -1.29. The highest BCUT2D eigenvalue weighted by molar-refractivity contribution is 5.93. The number of nitrogens with zero attached hydrogens (tertiary/aromatic N) is 1. The number of piperidine rings is 1. The van der Waals surface area contributed by atoms with E-state index < -0.39 is 0 Å². The highest BCUT2D eigenvalue weighted by Gasteiger charge is 2.37. The Kier molecular flexibility index (Phi) is 3.35. The molecule has 4 heteroatoms. The van der Waals surface area contributed by atoms with Crippen molar-refractivity contribution in [3.05, 3.63) is 23.7 Å². The van der Waals surface area contributed by atoms with Crippen LogP contribution in [0.3, 0.4) is 0 Å². The Morgan fingerprint density at radius 1 is 1.42 bits per heavy atom. The fourth-order valence-electron chi connectivity index (χ4n) is 3.57. The molecule has 0 aromatic carbocycles. The predicted molar refractivity (Wildman–Crippen MR) is 73.1 cm³/mol. The Morgan fingerprint density at radius 3 is 2.63 bits per heavy atom. The van der Waals surface area contributed by atoms with E-state index in [1.807, 2.05) is 17.9 Å². The van der Waals surface area contributed by atoms with Crippen LogP contribution in [0.1, 0.15) is 48.7 Å². The van der Waals surface area contributed by atoms with Crippen molar-refractivity contribution in [2.45, 2.75) is 57.7 Å². The van der Waals surface area contributed by atoms with Crippen LogP contribution in [0, 0.1) is 6.92 Å². The molecule has 1 N–H and O–H groups in total. The first-order valence-corrected chi connectivity index (χ1v) is 7.30. The number of amides is 1. The summed E-state index contributed by atoms with van der Waals surface area (Å²) in [5.41, 5.74) is 0.931. The number of carbonyl (C=O) groups is 1. The van der Waals surface area contributed by atoms with Crippen LogP contribution in [0.25, 0.3) is 0 Å². The van der Waals surface area contributed by atoms with Crippen molar-refractivity contribution in [3.63, 3.8) is 0 Å². The first kappa shape index (κ1) is 12.7. The zero-order chi connectivity index (χ0) is 13.4. The topological polar surface area (TPSA) is 45.5 Å². The van der Waals surface area contributed by atoms with E-state index in [9.17, 15) is 4.79 Å². The van der Waals surface area contributed by atoms with Crippen LogP contribution in [-0.4, -0.2) is 35.5 Å². The number of hydrogen-bond donors (Lipinski definition) is 1. The van der Waals surface area contributed by atoms with Crippen LogP contribution in [-0.2, 0) is 0 Å². The van der Waals surface area contributed by atoms with Gasteiger partial charge in [0.2, 0.25) is 0 Å². The SMILES string of the molecule is CCN(C(=O)c1occc1C)C1CC2CCC(C1)N2. The molecule has 0 spiro atoms. The van der Waals surface area contributed by atoms with Crippen molar-refractivity contribution in [2.75, 3.05) is 6.54 Å². The Morgan fingerprint density at radius 2 is 2.11 bits per heavy atom. The number of carbonyl (C=O) groups excluding carboxylic acids is 1. The van der Waals surface area contributed by atoms with Crippen molar-refractivity contribution < 1.29 is 9.21 Å². The highest BCUT2D eigenvalue weighted by Crippen LogP contribution is 2.30. The van der Waals surface area contributed by atoms with Gasteiger partial charge in [-0.3, -0.25) is 4.79 Å². The van der Waals surface area contributed by atoms with E-state index in [4.69, 9.17) is 4.42 Å². The fraction of sp³-hybridized carbons (Fsp3) is 0.667. The van der Waals surface area contributed by atoms with E-state index in [1.165, 1.54) is 12.8 Å². The zero-order valence-electron chi connectivity index (χ0n) is 11.7. The van der Waals surface area contributed by atoms with E-state index in [-0.39, 0.29) is 5.91 Å². The number of rotatable bonds is 3. The van der Waals surface area contributed by atoms with E-state index in [0.717, 1.165) is 24.9 Å². The minimum Gasteiger partial charge on any atom is -0.459 e. The molecule has 3 heterocycles. The van der Waals surface area contributed by atoms with Gasteiger partial charge in [-0.1, -0.05) is 0 Å². The third-order valence-electron chi connectivity index (χ3n) is 4.55. The molecule has 1 aromatic heterocycles. The Bertz CT molecular complexity index is 456. The lowest BCUT2D eigenvalue weighted by Gasteiger charge is -2.37. The minimum atomic E-state index is 0.0521. The average molecular weight is 262 g/mol. The van der Waals surface area contributed by atoms with Gasteiger partial charge in [0.25, 0.3) is 5.91 Å². The summed E-state index contributed by atoms with van der Waals surface area (Å²) in [6.45, 7) is 4.74. The van der Waals surface area contributed by atoms with Gasteiger partial charge in [0.05, 0.1) is 6.26 Å². The van der Waals surface area contributed by atoms with Gasteiger partial charge in [0, 0.05) is 30.2 Å². The zero-order valence-corrected chi connectivity index (χ0v) is 11.7. The van der Waals surface area contributed by atoms with Crippen molar-refractivity contribution >= 4 is 5.91 Å². The molecule has 104 valence electrons. The molecule has 4 nitrogen and oxygen atoms in total. The molecule has 2 aliphatic heterocycles. The molecular formula is C15H22N2O2. The first-order valence-electron chi connectivity index (χ1n) is 7.30. The maximum atomic E-state index is 12.6. The largest absolute Gasteiger partial charge is 0.459 e. The minimum absolute atomic E-state index is 0.0521. The summed E-state index contributed by atoms with van der Waals surface area (Å²) in [6, 6.07) is 3.42. The van der Waals surface area contributed by atoms with Crippen molar-refractivity contribution in [1.29, 1.82) is 0 Å². The molecule has 3 rings (SSSR count). The predicted octanol–water partition coefficient (Wildman–Crippen LogP) is 2.33. The third-order valence-corrected chi connectivity index (χ3v) is 4.55. The molecule has 2 saturated heterocycles. The molecule has 2 aliphatic rings. The van der Waals surface area contributed by atoms with Crippen LogP contribution >= 0.6 is 0 Å². The van der Waals surface area contributed by atoms with Crippen molar-refractivity contribution in [2.24, 2.45) is 0 Å². The van der Waals surface area contributed by atoms with Crippen LogP contribution in [0.4, 0.5) is 0 Å². The number of nitrogens with one attached hydrogen (secondary N) is 1. The van der Waals surface area contributed by atoms with Gasteiger partial charge in [-0.25, -0.2) is 0 Å². The lowest BCUT2D eigenvalue weighted by molar-refractivity contribution is 0.0598. The number of hydrogen-bond acceptors (Lipinski definition) is 3. The Balaban J connectivity index is 1.77. The summed E-state index contributed by atoms with van der Waals surface area (Å²) < 4.78 is 5.36. The maximum Gasteiger partial charge on any atom is 0.290 e. The van der Waals surface area contributed by atoms with Gasteiger partial charge >= 0.3 is 0 Å². The van der Waals surface area contributed by atoms with Gasteiger partial charge in [-0.05, 0) is 45.6 Å². The summed E-state index contributed by atoms with van der Waals surface area (Å²) in [5.74, 6) is 0.559. The summed E-state index contributed by atoms with van der Waals surface area (Å²) in [5, 5.41) is 3.62. The summed E-state index contributed by atoms with van der Waals surface area (Å²) in [7, 11) is 0. The van der Waals surface area contributed by atoms with Crippen LogP contribution < -0.4 is 5.32 Å². The van der Waals surface area contributed by atoms with Gasteiger partial charge in [-0.2, -0.15) is 0 Å². The van der Waals surface area contributed by atoms with E-state index >= 15 is 0 Å². The summed E-state index contributed by atoms with van der Waals surface area (Å²) in [6.07, 6.45) is 6.27. The van der Waals surface area contributed by atoms with Crippen LogP contribution in [0.2, 0.25) is 0 Å². The van der Waals surface area contributed by atoms with E-state index in [0.29, 0.717) is 23.9 Å². The highest BCUT2D eigenvalue weighted by atomic mass is 16.3. The van der Waals surface area contributed by atoms with Crippen molar-refractivity contribution in [1.82, 2.24) is 10.2 Å². The average Bonchev–Trinajstić information content (AvgIpc) is 2.96. The van der Waals surface area contributed by atoms with Gasteiger partial charge < -0.3 is 14.6 Å². The Labute approximate surface area is 114 Å². The lowest BCUT2D eigenvalue weighted by atomic mass is 9.97. The van der Waals surface area contributed by atoms with Crippen LogP contribution in [0.5, 0.6) is 0 Å². The molecular weight excluding hydrogens is 240 g/mol. The molecule has 0 radical (unpaired) electrons. The van der Waals surface area contributed by atoms with Gasteiger partial charge in [0.1, 0.15) is 0 Å². The number of fused-ring (bicyclic) bond motifs is 2. The first-order chi connectivity index (χ1) is 9.19. The monoisotopic (exact) mass is 262 g/mol. The summed E-state index contributed by atoms with van der Waals surface area (Å²) in [4.78, 5) is 14.6.